The van der Waals surface area contributed by atoms with E-state index in [0.29, 0.717) is 5.54 Å². The van der Waals surface area contributed by atoms with Crippen LogP contribution >= 0.6 is 0 Å². The Balaban J connectivity index is 1.61. The fourth-order valence-electron chi connectivity index (χ4n) is 3.73. The highest BCUT2D eigenvalue weighted by molar-refractivity contribution is 5.27. The molecule has 0 radical (unpaired) electrons. The van der Waals surface area contributed by atoms with Gasteiger partial charge in [0.1, 0.15) is 5.75 Å². The molecule has 1 saturated heterocycles. The molecule has 1 heterocycles. The first-order valence-electron chi connectivity index (χ1n) is 7.90. The molecule has 2 fully saturated rings. The van der Waals surface area contributed by atoms with Crippen LogP contribution in [0.15, 0.2) is 24.3 Å². The van der Waals surface area contributed by atoms with Crippen LogP contribution in [0.25, 0.3) is 0 Å². The summed E-state index contributed by atoms with van der Waals surface area (Å²) in [5, 5.41) is 3.81. The van der Waals surface area contributed by atoms with Gasteiger partial charge in [-0.2, -0.15) is 0 Å². The maximum atomic E-state index is 5.23. The van der Waals surface area contributed by atoms with Crippen LogP contribution in [0.4, 0.5) is 0 Å². The standard InChI is InChI=1S/C17H26N2O/c1-20-16-7-5-15(6-8-16)13-19-12-11-18-17(14-19)9-3-2-4-10-17/h5-8,18H,2-4,9-14H2,1H3. The lowest BCUT2D eigenvalue weighted by molar-refractivity contribution is 0.0945. The number of benzene rings is 1. The summed E-state index contributed by atoms with van der Waals surface area (Å²) < 4.78 is 5.23. The Labute approximate surface area is 122 Å². The van der Waals surface area contributed by atoms with E-state index in [-0.39, 0.29) is 0 Å². The Kier molecular flexibility index (Phi) is 4.27. The molecule has 1 aliphatic heterocycles. The Hall–Kier alpha value is -1.06. The number of rotatable bonds is 3. The van der Waals surface area contributed by atoms with Gasteiger partial charge in [0.05, 0.1) is 7.11 Å². The minimum absolute atomic E-state index is 0.406. The summed E-state index contributed by atoms with van der Waals surface area (Å²) in [5.41, 5.74) is 1.79. The molecule has 1 spiro atoms. The largest absolute Gasteiger partial charge is 0.497 e. The number of nitrogens with zero attached hydrogens (tertiary/aromatic N) is 1. The van der Waals surface area contributed by atoms with Crippen LogP contribution in [-0.2, 0) is 6.54 Å². The van der Waals surface area contributed by atoms with Crippen LogP contribution in [0.3, 0.4) is 0 Å². The van der Waals surface area contributed by atoms with Crippen molar-refractivity contribution in [2.24, 2.45) is 0 Å². The van der Waals surface area contributed by atoms with Gasteiger partial charge in [0, 0.05) is 31.7 Å². The van der Waals surface area contributed by atoms with Crippen LogP contribution in [-0.4, -0.2) is 37.2 Å². The molecule has 1 aromatic carbocycles. The SMILES string of the molecule is COc1ccc(CN2CCNC3(CCCCC3)C2)cc1. The summed E-state index contributed by atoms with van der Waals surface area (Å²) in [5.74, 6) is 0.942. The molecule has 0 aromatic heterocycles. The predicted octanol–water partition coefficient (Wildman–Crippen LogP) is 2.80. The van der Waals surface area contributed by atoms with Crippen molar-refractivity contribution < 1.29 is 4.74 Å². The van der Waals surface area contributed by atoms with Crippen molar-refractivity contribution in [3.05, 3.63) is 29.8 Å². The Morgan fingerprint density at radius 2 is 1.90 bits per heavy atom. The van der Waals surface area contributed by atoms with E-state index >= 15 is 0 Å². The fourth-order valence-corrected chi connectivity index (χ4v) is 3.73. The van der Waals surface area contributed by atoms with Gasteiger partial charge in [0.2, 0.25) is 0 Å². The highest BCUT2D eigenvalue weighted by Crippen LogP contribution is 2.31. The van der Waals surface area contributed by atoms with Gasteiger partial charge >= 0.3 is 0 Å². The normalized spacial score (nSPS) is 22.9. The molecular weight excluding hydrogens is 248 g/mol. The number of piperazine rings is 1. The maximum Gasteiger partial charge on any atom is 0.118 e. The first-order valence-corrected chi connectivity index (χ1v) is 7.90. The van der Waals surface area contributed by atoms with Crippen LogP contribution in [0.5, 0.6) is 5.75 Å². The van der Waals surface area contributed by atoms with Crippen molar-refractivity contribution in [1.29, 1.82) is 0 Å². The summed E-state index contributed by atoms with van der Waals surface area (Å²) in [7, 11) is 1.72. The number of nitrogens with one attached hydrogen (secondary N) is 1. The van der Waals surface area contributed by atoms with E-state index in [1.165, 1.54) is 44.2 Å². The molecule has 0 bridgehead atoms. The number of methoxy groups -OCH3 is 1. The van der Waals surface area contributed by atoms with Gasteiger partial charge in [-0.15, -0.1) is 0 Å². The molecule has 1 aromatic rings. The van der Waals surface area contributed by atoms with Crippen LogP contribution in [0.1, 0.15) is 37.7 Å². The Bertz CT molecular complexity index is 418. The van der Waals surface area contributed by atoms with Crippen LogP contribution < -0.4 is 10.1 Å². The van der Waals surface area contributed by atoms with E-state index < -0.39 is 0 Å². The number of hydrogen-bond acceptors (Lipinski definition) is 3. The first-order chi connectivity index (χ1) is 9.80. The zero-order chi connectivity index (χ0) is 13.8. The minimum atomic E-state index is 0.406. The first kappa shape index (κ1) is 13.9. The van der Waals surface area contributed by atoms with Crippen molar-refractivity contribution in [2.45, 2.75) is 44.2 Å². The molecule has 1 N–H and O–H groups in total. The molecule has 110 valence electrons. The van der Waals surface area contributed by atoms with Crippen molar-refractivity contribution >= 4 is 0 Å². The third-order valence-electron chi connectivity index (χ3n) is 4.83. The van der Waals surface area contributed by atoms with Crippen molar-refractivity contribution in [1.82, 2.24) is 10.2 Å². The van der Waals surface area contributed by atoms with Crippen molar-refractivity contribution in [3.8, 4) is 5.75 Å². The quantitative estimate of drug-likeness (QED) is 0.917. The second-order valence-corrected chi connectivity index (χ2v) is 6.33. The lowest BCUT2D eigenvalue weighted by Crippen LogP contribution is -2.60. The topological polar surface area (TPSA) is 24.5 Å². The summed E-state index contributed by atoms with van der Waals surface area (Å²) in [6, 6.07) is 8.50. The smallest absolute Gasteiger partial charge is 0.118 e. The molecule has 0 amide bonds. The highest BCUT2D eigenvalue weighted by atomic mass is 16.5. The minimum Gasteiger partial charge on any atom is -0.497 e. The summed E-state index contributed by atoms with van der Waals surface area (Å²) in [4.78, 5) is 2.61. The van der Waals surface area contributed by atoms with Gasteiger partial charge in [-0.05, 0) is 30.5 Å². The van der Waals surface area contributed by atoms with E-state index in [1.54, 1.807) is 7.11 Å². The molecule has 1 saturated carbocycles. The lowest BCUT2D eigenvalue weighted by atomic mass is 9.80. The maximum absolute atomic E-state index is 5.23. The number of ether oxygens (including phenoxy) is 1. The zero-order valence-corrected chi connectivity index (χ0v) is 12.5. The Morgan fingerprint density at radius 1 is 1.15 bits per heavy atom. The third-order valence-corrected chi connectivity index (χ3v) is 4.83. The highest BCUT2D eigenvalue weighted by Gasteiger charge is 2.35. The molecule has 0 atom stereocenters. The predicted molar refractivity (Wildman–Crippen MR) is 82.1 cm³/mol. The average Bonchev–Trinajstić information content (AvgIpc) is 2.49. The fraction of sp³-hybridized carbons (Fsp3) is 0.647. The van der Waals surface area contributed by atoms with Gasteiger partial charge < -0.3 is 10.1 Å². The zero-order valence-electron chi connectivity index (χ0n) is 12.5. The average molecular weight is 274 g/mol. The number of hydrogen-bond donors (Lipinski definition) is 1. The van der Waals surface area contributed by atoms with Gasteiger partial charge in [-0.1, -0.05) is 31.4 Å². The van der Waals surface area contributed by atoms with Crippen molar-refractivity contribution in [2.75, 3.05) is 26.7 Å². The van der Waals surface area contributed by atoms with Gasteiger partial charge in [-0.3, -0.25) is 4.90 Å². The second kappa shape index (κ2) is 6.15. The van der Waals surface area contributed by atoms with E-state index in [9.17, 15) is 0 Å². The van der Waals surface area contributed by atoms with Crippen LogP contribution in [0.2, 0.25) is 0 Å². The van der Waals surface area contributed by atoms with E-state index in [0.717, 1.165) is 25.4 Å². The lowest BCUT2D eigenvalue weighted by Gasteiger charge is -2.46. The monoisotopic (exact) mass is 274 g/mol. The molecule has 0 unspecified atom stereocenters. The van der Waals surface area contributed by atoms with Crippen LogP contribution in [0, 0.1) is 0 Å². The van der Waals surface area contributed by atoms with E-state index in [2.05, 4.69) is 34.5 Å². The third kappa shape index (κ3) is 3.15. The molecule has 20 heavy (non-hydrogen) atoms. The Morgan fingerprint density at radius 3 is 2.60 bits per heavy atom. The molecule has 3 heteroatoms. The summed E-state index contributed by atoms with van der Waals surface area (Å²) >= 11 is 0. The molecular formula is C17H26N2O. The molecule has 1 aliphatic carbocycles. The molecule has 3 nitrogen and oxygen atoms in total. The second-order valence-electron chi connectivity index (χ2n) is 6.33. The van der Waals surface area contributed by atoms with Gasteiger partial charge in [0.15, 0.2) is 0 Å². The molecule has 2 aliphatic rings. The van der Waals surface area contributed by atoms with Gasteiger partial charge in [-0.25, -0.2) is 0 Å². The molecule has 3 rings (SSSR count). The van der Waals surface area contributed by atoms with E-state index in [4.69, 9.17) is 4.74 Å². The van der Waals surface area contributed by atoms with Gasteiger partial charge in [0.25, 0.3) is 0 Å². The van der Waals surface area contributed by atoms with E-state index in [1.807, 2.05) is 0 Å². The van der Waals surface area contributed by atoms with Crippen molar-refractivity contribution in [3.63, 3.8) is 0 Å². The summed E-state index contributed by atoms with van der Waals surface area (Å²) in [6.45, 7) is 4.57. The summed E-state index contributed by atoms with van der Waals surface area (Å²) in [6.07, 6.45) is 6.91.